The van der Waals surface area contributed by atoms with Gasteiger partial charge in [-0.05, 0) is 20.8 Å². The molecule has 0 aliphatic rings. The van der Waals surface area contributed by atoms with E-state index in [-0.39, 0.29) is 11.6 Å². The summed E-state index contributed by atoms with van der Waals surface area (Å²) in [6.07, 6.45) is 4.16. The van der Waals surface area contributed by atoms with Gasteiger partial charge in [-0.25, -0.2) is 9.97 Å². The first-order valence-corrected chi connectivity index (χ1v) is 7.18. The van der Waals surface area contributed by atoms with Crippen molar-refractivity contribution < 1.29 is 0 Å². The van der Waals surface area contributed by atoms with Crippen molar-refractivity contribution in [2.75, 3.05) is 11.9 Å². The van der Waals surface area contributed by atoms with Gasteiger partial charge in [-0.3, -0.25) is 4.79 Å². The number of aryl methyl sites for hydroxylation is 1. The molecule has 0 aliphatic heterocycles. The fourth-order valence-corrected chi connectivity index (χ4v) is 2.53. The molecule has 0 atom stereocenters. The van der Waals surface area contributed by atoms with Crippen molar-refractivity contribution in [3.05, 3.63) is 38.8 Å². The SMILES string of the molecule is Cc1csc(CCNc2nccn(C(C)C)c2=O)n1. The Hall–Kier alpha value is -1.69. The van der Waals surface area contributed by atoms with Crippen molar-refractivity contribution in [2.45, 2.75) is 33.2 Å². The lowest BCUT2D eigenvalue weighted by atomic mass is 10.4. The standard InChI is InChI=1S/C13H18N4OS/c1-9(2)17-7-6-15-12(13(17)18)14-5-4-11-16-10(3)8-19-11/h6-9H,4-5H2,1-3H3,(H,14,15). The molecule has 0 aromatic carbocycles. The third kappa shape index (κ3) is 3.41. The second-order valence-electron chi connectivity index (χ2n) is 4.64. The average molecular weight is 278 g/mol. The zero-order valence-corrected chi connectivity index (χ0v) is 12.2. The molecule has 2 aromatic heterocycles. The monoisotopic (exact) mass is 278 g/mol. The van der Waals surface area contributed by atoms with Crippen LogP contribution in [0, 0.1) is 6.92 Å². The van der Waals surface area contributed by atoms with Crippen molar-refractivity contribution >= 4 is 17.2 Å². The molecule has 0 bridgehead atoms. The summed E-state index contributed by atoms with van der Waals surface area (Å²) in [7, 11) is 0. The molecular weight excluding hydrogens is 260 g/mol. The third-order valence-corrected chi connectivity index (χ3v) is 3.75. The van der Waals surface area contributed by atoms with E-state index in [1.807, 2.05) is 26.2 Å². The molecular formula is C13H18N4OS. The molecule has 6 heteroatoms. The number of hydrogen-bond donors (Lipinski definition) is 1. The summed E-state index contributed by atoms with van der Waals surface area (Å²) in [4.78, 5) is 20.6. The molecule has 0 spiro atoms. The van der Waals surface area contributed by atoms with Crippen molar-refractivity contribution in [1.82, 2.24) is 14.5 Å². The summed E-state index contributed by atoms with van der Waals surface area (Å²) in [5, 5.41) is 6.19. The second-order valence-corrected chi connectivity index (χ2v) is 5.58. The van der Waals surface area contributed by atoms with Gasteiger partial charge < -0.3 is 9.88 Å². The Morgan fingerprint density at radius 3 is 2.89 bits per heavy atom. The maximum Gasteiger partial charge on any atom is 0.293 e. The first-order chi connectivity index (χ1) is 9.08. The highest BCUT2D eigenvalue weighted by atomic mass is 32.1. The summed E-state index contributed by atoms with van der Waals surface area (Å²) in [5.41, 5.74) is 0.966. The van der Waals surface area contributed by atoms with Crippen LogP contribution >= 0.6 is 11.3 Å². The van der Waals surface area contributed by atoms with Crippen LogP contribution in [0.15, 0.2) is 22.6 Å². The Morgan fingerprint density at radius 1 is 1.47 bits per heavy atom. The van der Waals surface area contributed by atoms with E-state index >= 15 is 0 Å². The lowest BCUT2D eigenvalue weighted by molar-refractivity contribution is 0.575. The van der Waals surface area contributed by atoms with Crippen LogP contribution in [0.4, 0.5) is 5.82 Å². The van der Waals surface area contributed by atoms with E-state index in [1.165, 1.54) is 0 Å². The van der Waals surface area contributed by atoms with Gasteiger partial charge in [0, 0.05) is 42.5 Å². The molecule has 0 fully saturated rings. The molecule has 0 saturated heterocycles. The van der Waals surface area contributed by atoms with Gasteiger partial charge in [0.15, 0.2) is 5.82 Å². The van der Waals surface area contributed by atoms with Crippen LogP contribution in [0.1, 0.15) is 30.6 Å². The van der Waals surface area contributed by atoms with Crippen molar-refractivity contribution in [2.24, 2.45) is 0 Å². The minimum Gasteiger partial charge on any atom is -0.365 e. The summed E-state index contributed by atoms with van der Waals surface area (Å²) < 4.78 is 1.67. The van der Waals surface area contributed by atoms with Gasteiger partial charge in [-0.15, -0.1) is 11.3 Å². The molecule has 5 nitrogen and oxygen atoms in total. The number of nitrogens with one attached hydrogen (secondary N) is 1. The lowest BCUT2D eigenvalue weighted by Crippen LogP contribution is -2.26. The van der Waals surface area contributed by atoms with Crippen LogP contribution in [-0.4, -0.2) is 21.1 Å². The Kier molecular flexibility index (Phi) is 4.31. The van der Waals surface area contributed by atoms with Crippen molar-refractivity contribution in [3.8, 4) is 0 Å². The van der Waals surface area contributed by atoms with Crippen LogP contribution in [0.2, 0.25) is 0 Å². The Balaban J connectivity index is 2.00. The largest absolute Gasteiger partial charge is 0.365 e. The van der Waals surface area contributed by atoms with Gasteiger partial charge in [0.1, 0.15) is 0 Å². The van der Waals surface area contributed by atoms with Gasteiger partial charge in [0.25, 0.3) is 5.56 Å². The number of aromatic nitrogens is 3. The maximum atomic E-state index is 12.1. The number of thiazole rings is 1. The van der Waals surface area contributed by atoms with Crippen LogP contribution in [0.5, 0.6) is 0 Å². The van der Waals surface area contributed by atoms with Crippen LogP contribution in [-0.2, 0) is 6.42 Å². The first-order valence-electron chi connectivity index (χ1n) is 6.30. The number of nitrogens with zero attached hydrogens (tertiary/aromatic N) is 3. The number of rotatable bonds is 5. The predicted octanol–water partition coefficient (Wildman–Crippen LogP) is 2.24. The Bertz CT molecular complexity index is 603. The minimum atomic E-state index is -0.0761. The molecule has 0 radical (unpaired) electrons. The molecule has 19 heavy (non-hydrogen) atoms. The van der Waals surface area contributed by atoms with Crippen molar-refractivity contribution in [3.63, 3.8) is 0 Å². The lowest BCUT2D eigenvalue weighted by Gasteiger charge is -2.11. The Morgan fingerprint density at radius 2 is 2.26 bits per heavy atom. The van der Waals surface area contributed by atoms with Gasteiger partial charge >= 0.3 is 0 Å². The van der Waals surface area contributed by atoms with Crippen molar-refractivity contribution in [1.29, 1.82) is 0 Å². The van der Waals surface area contributed by atoms with Gasteiger partial charge in [-0.2, -0.15) is 0 Å². The molecule has 102 valence electrons. The van der Waals surface area contributed by atoms with Crippen LogP contribution in [0.25, 0.3) is 0 Å². The molecule has 0 amide bonds. The smallest absolute Gasteiger partial charge is 0.293 e. The minimum absolute atomic E-state index is 0.0761. The molecule has 0 saturated carbocycles. The highest BCUT2D eigenvalue weighted by Gasteiger charge is 2.07. The molecule has 2 aromatic rings. The van der Waals surface area contributed by atoms with E-state index in [2.05, 4.69) is 15.3 Å². The maximum absolute atomic E-state index is 12.1. The summed E-state index contributed by atoms with van der Waals surface area (Å²) in [6.45, 7) is 6.60. The number of hydrogen-bond acceptors (Lipinski definition) is 5. The molecule has 0 aliphatic carbocycles. The fraction of sp³-hybridized carbons (Fsp3) is 0.462. The molecule has 2 heterocycles. The summed E-state index contributed by atoms with van der Waals surface area (Å²) >= 11 is 1.64. The molecule has 1 N–H and O–H groups in total. The van der Waals surface area contributed by atoms with E-state index in [0.29, 0.717) is 12.4 Å². The van der Waals surface area contributed by atoms with Crippen LogP contribution < -0.4 is 10.9 Å². The topological polar surface area (TPSA) is 59.8 Å². The number of anilines is 1. The average Bonchev–Trinajstić information content (AvgIpc) is 2.77. The van der Waals surface area contributed by atoms with E-state index in [1.54, 1.807) is 28.3 Å². The first kappa shape index (κ1) is 13.7. The van der Waals surface area contributed by atoms with Gasteiger partial charge in [-0.1, -0.05) is 0 Å². The molecule has 0 unspecified atom stereocenters. The highest BCUT2D eigenvalue weighted by molar-refractivity contribution is 7.09. The van der Waals surface area contributed by atoms with E-state index in [4.69, 9.17) is 0 Å². The zero-order chi connectivity index (χ0) is 13.8. The molecule has 2 rings (SSSR count). The van der Waals surface area contributed by atoms with Crippen LogP contribution in [0.3, 0.4) is 0 Å². The van der Waals surface area contributed by atoms with Gasteiger partial charge in [0.2, 0.25) is 0 Å². The second kappa shape index (κ2) is 5.97. The predicted molar refractivity (Wildman–Crippen MR) is 77.9 cm³/mol. The highest BCUT2D eigenvalue weighted by Crippen LogP contribution is 2.09. The fourth-order valence-electron chi connectivity index (χ4n) is 1.76. The van der Waals surface area contributed by atoms with E-state index in [9.17, 15) is 4.79 Å². The Labute approximate surface area is 116 Å². The summed E-state index contributed by atoms with van der Waals surface area (Å²) in [6, 6.07) is 0.137. The van der Waals surface area contributed by atoms with E-state index in [0.717, 1.165) is 17.1 Å². The summed E-state index contributed by atoms with van der Waals surface area (Å²) in [5.74, 6) is 0.407. The third-order valence-electron chi connectivity index (χ3n) is 2.72. The quantitative estimate of drug-likeness (QED) is 0.911. The normalized spacial score (nSPS) is 10.9. The zero-order valence-electron chi connectivity index (χ0n) is 11.4. The van der Waals surface area contributed by atoms with Gasteiger partial charge in [0.05, 0.1) is 5.01 Å². The van der Waals surface area contributed by atoms with E-state index < -0.39 is 0 Å².